The van der Waals surface area contributed by atoms with Crippen molar-refractivity contribution in [3.05, 3.63) is 39.9 Å². The van der Waals surface area contributed by atoms with Gasteiger partial charge in [-0.2, -0.15) is 0 Å². The minimum Gasteiger partial charge on any atom is -0.375 e. The average Bonchev–Trinajstić information content (AvgIpc) is 2.89. The zero-order valence-electron chi connectivity index (χ0n) is 12.1. The number of aromatic nitrogens is 1. The van der Waals surface area contributed by atoms with Crippen LogP contribution in [0.15, 0.2) is 18.2 Å². The molecule has 0 bridgehead atoms. The number of hydrogen-bond donors (Lipinski definition) is 2. The van der Waals surface area contributed by atoms with Gasteiger partial charge in [-0.05, 0) is 25.5 Å². The Balaban J connectivity index is 1.59. The van der Waals surface area contributed by atoms with E-state index in [0.717, 1.165) is 23.5 Å². The van der Waals surface area contributed by atoms with Crippen LogP contribution in [0.2, 0.25) is 0 Å². The van der Waals surface area contributed by atoms with Gasteiger partial charge in [-0.25, -0.2) is 4.98 Å². The van der Waals surface area contributed by atoms with Crippen molar-refractivity contribution in [3.8, 4) is 0 Å². The quantitative estimate of drug-likeness (QED) is 0.912. The van der Waals surface area contributed by atoms with E-state index in [9.17, 15) is 4.79 Å². The summed E-state index contributed by atoms with van der Waals surface area (Å²) < 4.78 is 0. The predicted octanol–water partition coefficient (Wildman–Crippen LogP) is 2.30. The highest BCUT2D eigenvalue weighted by Gasteiger charge is 2.24. The number of carbonyl (C=O) groups is 1. The molecule has 0 saturated carbocycles. The third-order valence-corrected chi connectivity index (χ3v) is 4.47. The summed E-state index contributed by atoms with van der Waals surface area (Å²) in [6.45, 7) is 5.87. The van der Waals surface area contributed by atoms with E-state index >= 15 is 0 Å². The first-order chi connectivity index (χ1) is 10.0. The van der Waals surface area contributed by atoms with Crippen LogP contribution in [0.25, 0.3) is 0 Å². The number of nitrogens with two attached hydrogens (primary N) is 1. The van der Waals surface area contributed by atoms with Gasteiger partial charge in [0, 0.05) is 23.7 Å². The van der Waals surface area contributed by atoms with Crippen molar-refractivity contribution in [3.63, 3.8) is 0 Å². The fourth-order valence-corrected chi connectivity index (χ4v) is 3.46. The maximum Gasteiger partial charge on any atom is 0.238 e. The Morgan fingerprint density at radius 1 is 1.43 bits per heavy atom. The molecule has 3 rings (SSSR count). The molecule has 3 N–H and O–H groups in total. The molecule has 0 aliphatic carbocycles. The van der Waals surface area contributed by atoms with Gasteiger partial charge < -0.3 is 11.1 Å². The highest BCUT2D eigenvalue weighted by atomic mass is 32.1. The number of carbonyl (C=O) groups excluding carboxylic acids is 1. The molecule has 1 aliphatic rings. The second kappa shape index (κ2) is 5.46. The number of nitrogen functional groups attached to an aromatic ring is 1. The molecule has 1 aromatic carbocycles. The first-order valence-corrected chi connectivity index (χ1v) is 7.66. The van der Waals surface area contributed by atoms with Gasteiger partial charge in [0.2, 0.25) is 5.91 Å². The lowest BCUT2D eigenvalue weighted by atomic mass is 10.1. The van der Waals surface area contributed by atoms with Crippen LogP contribution in [-0.2, 0) is 17.9 Å². The van der Waals surface area contributed by atoms with Gasteiger partial charge >= 0.3 is 0 Å². The fourth-order valence-electron chi connectivity index (χ4n) is 2.58. The van der Waals surface area contributed by atoms with Crippen LogP contribution in [0.1, 0.15) is 21.7 Å². The van der Waals surface area contributed by atoms with Gasteiger partial charge in [0.25, 0.3) is 0 Å². The summed E-state index contributed by atoms with van der Waals surface area (Å²) >= 11 is 1.51. The number of nitrogens with one attached hydrogen (secondary N) is 1. The first kappa shape index (κ1) is 14.0. The van der Waals surface area contributed by atoms with E-state index < -0.39 is 0 Å². The second-order valence-corrected chi connectivity index (χ2v) is 6.55. The predicted molar refractivity (Wildman–Crippen MR) is 85.2 cm³/mol. The molecule has 1 aromatic heterocycles. The summed E-state index contributed by atoms with van der Waals surface area (Å²) in [4.78, 5) is 19.7. The summed E-state index contributed by atoms with van der Waals surface area (Å²) in [5, 5.41) is 3.58. The molecule has 110 valence electrons. The van der Waals surface area contributed by atoms with E-state index in [1.165, 1.54) is 21.8 Å². The van der Waals surface area contributed by atoms with Crippen LogP contribution in [0.4, 0.5) is 10.8 Å². The topological polar surface area (TPSA) is 71.2 Å². The maximum atomic E-state index is 12.2. The number of fused-ring (bicyclic) bond motifs is 1. The molecule has 5 nitrogen and oxygen atoms in total. The second-order valence-electron chi connectivity index (χ2n) is 5.43. The zero-order valence-corrected chi connectivity index (χ0v) is 13.0. The van der Waals surface area contributed by atoms with Crippen LogP contribution >= 0.6 is 11.3 Å². The van der Waals surface area contributed by atoms with E-state index in [4.69, 9.17) is 5.73 Å². The molecule has 2 aromatic rings. The minimum absolute atomic E-state index is 0.00470. The Hall–Kier alpha value is -1.92. The number of nitrogens with zero attached hydrogens (tertiary/aromatic N) is 2. The Kier molecular flexibility index (Phi) is 3.65. The van der Waals surface area contributed by atoms with Crippen molar-refractivity contribution < 1.29 is 4.79 Å². The number of anilines is 2. The molecule has 0 unspecified atom stereocenters. The third-order valence-electron chi connectivity index (χ3n) is 3.56. The lowest BCUT2D eigenvalue weighted by Gasteiger charge is -2.15. The molecule has 1 aliphatic heterocycles. The Labute approximate surface area is 127 Å². The van der Waals surface area contributed by atoms with Gasteiger partial charge in [0.1, 0.15) is 0 Å². The summed E-state index contributed by atoms with van der Waals surface area (Å²) in [5.74, 6) is 0.00470. The van der Waals surface area contributed by atoms with Gasteiger partial charge in [0.05, 0.1) is 12.2 Å². The molecule has 6 heteroatoms. The first-order valence-electron chi connectivity index (χ1n) is 6.85. The van der Waals surface area contributed by atoms with E-state index in [-0.39, 0.29) is 5.91 Å². The molecule has 0 saturated heterocycles. The normalized spacial score (nSPS) is 14.2. The van der Waals surface area contributed by atoms with Crippen molar-refractivity contribution in [2.24, 2.45) is 0 Å². The van der Waals surface area contributed by atoms with Crippen LogP contribution in [0.3, 0.4) is 0 Å². The van der Waals surface area contributed by atoms with Gasteiger partial charge in [-0.15, -0.1) is 11.3 Å². The van der Waals surface area contributed by atoms with E-state index in [1.54, 1.807) is 0 Å². The molecule has 0 radical (unpaired) electrons. The van der Waals surface area contributed by atoms with E-state index in [0.29, 0.717) is 18.2 Å². The maximum absolute atomic E-state index is 12.2. The zero-order chi connectivity index (χ0) is 15.0. The highest BCUT2D eigenvalue weighted by molar-refractivity contribution is 7.15. The number of aryl methyl sites for hydroxylation is 2. The minimum atomic E-state index is 0.00470. The number of hydrogen-bond acceptors (Lipinski definition) is 5. The van der Waals surface area contributed by atoms with Crippen molar-refractivity contribution in [1.82, 2.24) is 9.88 Å². The van der Waals surface area contributed by atoms with Crippen molar-refractivity contribution in [2.75, 3.05) is 17.6 Å². The molecular weight excluding hydrogens is 284 g/mol. The molecule has 0 atom stereocenters. The molecule has 21 heavy (non-hydrogen) atoms. The monoisotopic (exact) mass is 302 g/mol. The largest absolute Gasteiger partial charge is 0.375 e. The smallest absolute Gasteiger partial charge is 0.238 e. The summed E-state index contributed by atoms with van der Waals surface area (Å²) in [6, 6.07) is 6.02. The number of amides is 1. The molecule has 2 heterocycles. The lowest BCUT2D eigenvalue weighted by Crippen LogP contribution is -2.29. The average molecular weight is 302 g/mol. The Bertz CT molecular complexity index is 671. The van der Waals surface area contributed by atoms with Crippen molar-refractivity contribution >= 4 is 28.1 Å². The Morgan fingerprint density at radius 2 is 2.24 bits per heavy atom. The van der Waals surface area contributed by atoms with Crippen LogP contribution in [-0.4, -0.2) is 22.3 Å². The van der Waals surface area contributed by atoms with E-state index in [2.05, 4.69) is 21.3 Å². The lowest BCUT2D eigenvalue weighted by molar-refractivity contribution is -0.117. The van der Waals surface area contributed by atoms with Gasteiger partial charge in [-0.1, -0.05) is 17.7 Å². The van der Waals surface area contributed by atoms with Crippen molar-refractivity contribution in [1.29, 1.82) is 0 Å². The third kappa shape index (κ3) is 3.06. The summed E-state index contributed by atoms with van der Waals surface area (Å²) in [5.41, 5.74) is 9.84. The molecular formula is C15H18N4OS. The van der Waals surface area contributed by atoms with Crippen LogP contribution in [0.5, 0.6) is 0 Å². The number of rotatable bonds is 3. The summed E-state index contributed by atoms with van der Waals surface area (Å²) in [7, 11) is 0. The fraction of sp³-hybridized carbons (Fsp3) is 0.333. The van der Waals surface area contributed by atoms with E-state index in [1.807, 2.05) is 26.0 Å². The van der Waals surface area contributed by atoms with Crippen LogP contribution in [0, 0.1) is 13.8 Å². The SMILES string of the molecule is Cc1ccc(NC(=O)CN2Cc3nc(N)sc3C2)c(C)c1. The van der Waals surface area contributed by atoms with Crippen molar-refractivity contribution in [2.45, 2.75) is 26.9 Å². The Morgan fingerprint density at radius 3 is 2.95 bits per heavy atom. The van der Waals surface area contributed by atoms with Gasteiger partial charge in [0.15, 0.2) is 5.13 Å². The van der Waals surface area contributed by atoms with Gasteiger partial charge in [-0.3, -0.25) is 9.69 Å². The summed E-state index contributed by atoms with van der Waals surface area (Å²) in [6.07, 6.45) is 0. The number of benzene rings is 1. The molecule has 0 spiro atoms. The molecule has 0 fully saturated rings. The standard InChI is InChI=1S/C15H18N4OS/c1-9-3-4-11(10(2)5-9)17-14(20)8-19-6-12-13(7-19)21-15(16)18-12/h3-5H,6-8H2,1-2H3,(H2,16,18)(H,17,20). The van der Waals surface area contributed by atoms with Crippen LogP contribution < -0.4 is 11.1 Å². The number of thiazole rings is 1. The molecule has 1 amide bonds. The highest BCUT2D eigenvalue weighted by Crippen LogP contribution is 2.29.